The van der Waals surface area contributed by atoms with Gasteiger partial charge in [0.2, 0.25) is 0 Å². The summed E-state index contributed by atoms with van der Waals surface area (Å²) >= 11 is 0. The minimum Gasteiger partial charge on any atom is -0.396 e. The van der Waals surface area contributed by atoms with Crippen LogP contribution in [-0.4, -0.2) is 28.7 Å². The maximum Gasteiger partial charge on any atom is 0.318 e. The molecule has 1 aliphatic rings. The molecule has 2 aromatic carbocycles. The zero-order valence-corrected chi connectivity index (χ0v) is 14.0. The fourth-order valence-electron chi connectivity index (χ4n) is 3.22. The molecule has 126 valence electrons. The Hall–Kier alpha value is -2.33. The van der Waals surface area contributed by atoms with E-state index < -0.39 is 0 Å². The van der Waals surface area contributed by atoms with E-state index in [0.29, 0.717) is 19.5 Å². The molecular weight excluding hydrogens is 300 g/mol. The number of carbonyl (C=O) groups is 1. The molecule has 0 radical (unpaired) electrons. The van der Waals surface area contributed by atoms with E-state index >= 15 is 0 Å². The maximum atomic E-state index is 12.7. The average Bonchev–Trinajstić information content (AvgIpc) is 2.77. The molecule has 4 nitrogen and oxygen atoms in total. The summed E-state index contributed by atoms with van der Waals surface area (Å²) in [7, 11) is 0. The van der Waals surface area contributed by atoms with E-state index in [2.05, 4.69) is 29.6 Å². The second kappa shape index (κ2) is 7.49. The molecule has 1 heterocycles. The van der Waals surface area contributed by atoms with E-state index in [1.165, 1.54) is 22.3 Å². The summed E-state index contributed by atoms with van der Waals surface area (Å²) in [6, 6.07) is 16.6. The topological polar surface area (TPSA) is 52.6 Å². The standard InChI is InChI=1S/C20H24N2O2/c1-15(7-6-12-23)21-20(24)22-13-16-8-2-4-10-18(16)19-11-5-3-9-17(19)14-22/h2-5,8-11,15,23H,6-7,12-14H2,1H3,(H,21,24). The summed E-state index contributed by atoms with van der Waals surface area (Å²) in [6.45, 7) is 3.34. The lowest BCUT2D eigenvalue weighted by molar-refractivity contribution is 0.187. The van der Waals surface area contributed by atoms with Crippen LogP contribution in [0.25, 0.3) is 11.1 Å². The molecule has 0 aromatic heterocycles. The third-order valence-electron chi connectivity index (χ3n) is 4.50. The van der Waals surface area contributed by atoms with Crippen LogP contribution in [0.3, 0.4) is 0 Å². The van der Waals surface area contributed by atoms with E-state index in [1.807, 2.05) is 36.1 Å². The first kappa shape index (κ1) is 16.5. The van der Waals surface area contributed by atoms with Crippen molar-refractivity contribution in [2.24, 2.45) is 0 Å². The SMILES string of the molecule is CC(CCCO)NC(=O)N1Cc2ccccc2-c2ccccc2C1. The molecule has 0 bridgehead atoms. The lowest BCUT2D eigenvalue weighted by atomic mass is 9.97. The summed E-state index contributed by atoms with van der Waals surface area (Å²) < 4.78 is 0. The summed E-state index contributed by atoms with van der Waals surface area (Å²) in [5.41, 5.74) is 4.75. The van der Waals surface area contributed by atoms with Crippen molar-refractivity contribution in [3.8, 4) is 11.1 Å². The second-order valence-corrected chi connectivity index (χ2v) is 6.39. The molecule has 1 aliphatic heterocycles. The Balaban J connectivity index is 1.84. The van der Waals surface area contributed by atoms with Gasteiger partial charge in [-0.3, -0.25) is 0 Å². The van der Waals surface area contributed by atoms with Crippen LogP contribution in [0.15, 0.2) is 48.5 Å². The van der Waals surface area contributed by atoms with Crippen molar-refractivity contribution in [2.75, 3.05) is 6.61 Å². The number of hydrogen-bond acceptors (Lipinski definition) is 2. The zero-order valence-electron chi connectivity index (χ0n) is 14.0. The Morgan fingerprint density at radius 1 is 1.08 bits per heavy atom. The fraction of sp³-hybridized carbons (Fsp3) is 0.350. The van der Waals surface area contributed by atoms with Crippen LogP contribution in [0.5, 0.6) is 0 Å². The van der Waals surface area contributed by atoms with Crippen molar-refractivity contribution >= 4 is 6.03 Å². The van der Waals surface area contributed by atoms with Gasteiger partial charge in [-0.15, -0.1) is 0 Å². The normalized spacial score (nSPS) is 14.3. The van der Waals surface area contributed by atoms with E-state index in [0.717, 1.165) is 6.42 Å². The van der Waals surface area contributed by atoms with Gasteiger partial charge in [0.1, 0.15) is 0 Å². The fourth-order valence-corrected chi connectivity index (χ4v) is 3.22. The lowest BCUT2D eigenvalue weighted by Crippen LogP contribution is -2.43. The molecule has 2 N–H and O–H groups in total. The zero-order chi connectivity index (χ0) is 16.9. The largest absolute Gasteiger partial charge is 0.396 e. The number of urea groups is 1. The van der Waals surface area contributed by atoms with E-state index in [1.54, 1.807) is 0 Å². The van der Waals surface area contributed by atoms with Crippen LogP contribution in [0.4, 0.5) is 4.79 Å². The minimum absolute atomic E-state index is 0.0491. The number of aliphatic hydroxyl groups excluding tert-OH is 1. The number of amides is 2. The van der Waals surface area contributed by atoms with Gasteiger partial charge in [-0.1, -0.05) is 48.5 Å². The quantitative estimate of drug-likeness (QED) is 0.904. The van der Waals surface area contributed by atoms with Crippen LogP contribution in [-0.2, 0) is 13.1 Å². The van der Waals surface area contributed by atoms with Gasteiger partial charge in [0, 0.05) is 25.7 Å². The monoisotopic (exact) mass is 324 g/mol. The molecule has 0 aliphatic carbocycles. The van der Waals surface area contributed by atoms with Gasteiger partial charge in [0.05, 0.1) is 0 Å². The van der Waals surface area contributed by atoms with E-state index in [9.17, 15) is 4.79 Å². The highest BCUT2D eigenvalue weighted by Gasteiger charge is 2.23. The second-order valence-electron chi connectivity index (χ2n) is 6.39. The summed E-state index contributed by atoms with van der Waals surface area (Å²) in [5.74, 6) is 0. The molecule has 3 rings (SSSR count). The first-order chi connectivity index (χ1) is 11.7. The first-order valence-electron chi connectivity index (χ1n) is 8.51. The van der Waals surface area contributed by atoms with Gasteiger partial charge in [0.25, 0.3) is 0 Å². The Morgan fingerprint density at radius 3 is 2.17 bits per heavy atom. The third kappa shape index (κ3) is 3.60. The van der Waals surface area contributed by atoms with E-state index in [4.69, 9.17) is 5.11 Å². The smallest absolute Gasteiger partial charge is 0.318 e. The van der Waals surface area contributed by atoms with Crippen molar-refractivity contribution in [2.45, 2.75) is 38.9 Å². The van der Waals surface area contributed by atoms with Crippen LogP contribution < -0.4 is 5.32 Å². The highest BCUT2D eigenvalue weighted by Crippen LogP contribution is 2.32. The molecule has 0 saturated heterocycles. The highest BCUT2D eigenvalue weighted by molar-refractivity contribution is 5.78. The molecule has 0 saturated carbocycles. The number of hydrogen-bond donors (Lipinski definition) is 2. The van der Waals surface area contributed by atoms with Gasteiger partial charge in [-0.05, 0) is 42.0 Å². The number of aliphatic hydroxyl groups is 1. The summed E-state index contributed by atoms with van der Waals surface area (Å²) in [4.78, 5) is 14.6. The Kier molecular flexibility index (Phi) is 5.16. The molecule has 1 atom stereocenters. The molecular formula is C20H24N2O2. The van der Waals surface area contributed by atoms with Gasteiger partial charge in [0.15, 0.2) is 0 Å². The van der Waals surface area contributed by atoms with Crippen molar-refractivity contribution in [1.82, 2.24) is 10.2 Å². The molecule has 2 amide bonds. The number of carbonyl (C=O) groups excluding carboxylic acids is 1. The Labute approximate surface area is 143 Å². The van der Waals surface area contributed by atoms with Crippen LogP contribution in [0.2, 0.25) is 0 Å². The summed E-state index contributed by atoms with van der Waals surface area (Å²) in [6.07, 6.45) is 1.48. The molecule has 0 fully saturated rings. The van der Waals surface area contributed by atoms with Crippen molar-refractivity contribution in [1.29, 1.82) is 0 Å². The Morgan fingerprint density at radius 2 is 1.62 bits per heavy atom. The Bertz CT molecular complexity index is 667. The maximum absolute atomic E-state index is 12.7. The molecule has 0 spiro atoms. The highest BCUT2D eigenvalue weighted by atomic mass is 16.3. The van der Waals surface area contributed by atoms with Crippen molar-refractivity contribution < 1.29 is 9.90 Å². The minimum atomic E-state index is -0.0491. The number of nitrogens with zero attached hydrogens (tertiary/aromatic N) is 1. The van der Waals surface area contributed by atoms with Gasteiger partial charge in [-0.2, -0.15) is 0 Å². The van der Waals surface area contributed by atoms with Crippen LogP contribution in [0.1, 0.15) is 30.9 Å². The molecule has 1 unspecified atom stereocenters. The summed E-state index contributed by atoms with van der Waals surface area (Å²) in [5, 5.41) is 12.0. The molecule has 24 heavy (non-hydrogen) atoms. The molecule has 4 heteroatoms. The lowest BCUT2D eigenvalue weighted by Gasteiger charge is -2.24. The predicted molar refractivity (Wildman–Crippen MR) is 95.4 cm³/mol. The molecule has 2 aromatic rings. The van der Waals surface area contributed by atoms with Crippen molar-refractivity contribution in [3.05, 3.63) is 59.7 Å². The first-order valence-corrected chi connectivity index (χ1v) is 8.51. The van der Waals surface area contributed by atoms with Gasteiger partial charge >= 0.3 is 6.03 Å². The van der Waals surface area contributed by atoms with Crippen LogP contribution in [0, 0.1) is 0 Å². The number of nitrogens with one attached hydrogen (secondary N) is 1. The number of rotatable bonds is 4. The van der Waals surface area contributed by atoms with E-state index in [-0.39, 0.29) is 18.7 Å². The van der Waals surface area contributed by atoms with Crippen molar-refractivity contribution in [3.63, 3.8) is 0 Å². The van der Waals surface area contributed by atoms with Crippen LogP contribution >= 0.6 is 0 Å². The number of benzene rings is 2. The van der Waals surface area contributed by atoms with Gasteiger partial charge < -0.3 is 15.3 Å². The number of fused-ring (bicyclic) bond motifs is 3. The predicted octanol–water partition coefficient (Wildman–Crippen LogP) is 3.54. The van der Waals surface area contributed by atoms with Gasteiger partial charge in [-0.25, -0.2) is 4.79 Å². The average molecular weight is 324 g/mol. The third-order valence-corrected chi connectivity index (χ3v) is 4.50.